The summed E-state index contributed by atoms with van der Waals surface area (Å²) in [5.41, 5.74) is 3.34. The van der Waals surface area contributed by atoms with Gasteiger partial charge in [-0.1, -0.05) is 37.4 Å². The maximum atomic E-state index is 8.60. The Kier molecular flexibility index (Phi) is 4.49. The lowest BCUT2D eigenvalue weighted by Gasteiger charge is -2.19. The molecule has 1 unspecified atom stereocenters. The molecule has 1 fully saturated rings. The maximum Gasteiger partial charge on any atom is 0.133 e. The highest BCUT2D eigenvalue weighted by atomic mass is 15.1. The summed E-state index contributed by atoms with van der Waals surface area (Å²) < 4.78 is 0. The third-order valence-corrected chi connectivity index (χ3v) is 3.69. The van der Waals surface area contributed by atoms with E-state index in [1.807, 2.05) is 6.07 Å². The van der Waals surface area contributed by atoms with E-state index in [4.69, 9.17) is 5.26 Å². The van der Waals surface area contributed by atoms with Gasteiger partial charge in [0.15, 0.2) is 0 Å². The third kappa shape index (κ3) is 3.23. The normalized spacial score (nSPS) is 19.1. The molecule has 1 atom stereocenters. The molecule has 3 heteroatoms. The number of benzene rings is 1. The molecular weight excluding hydrogens is 246 g/mol. The summed E-state index contributed by atoms with van der Waals surface area (Å²) in [5, 5.41) is 8.60. The Morgan fingerprint density at radius 2 is 2.10 bits per heavy atom. The maximum absolute atomic E-state index is 8.60. The van der Waals surface area contributed by atoms with Gasteiger partial charge in [0, 0.05) is 12.3 Å². The third-order valence-electron chi connectivity index (χ3n) is 3.69. The zero-order chi connectivity index (χ0) is 14.5. The number of aliphatic imine (C=N–C) groups is 1. The topological polar surface area (TPSA) is 39.4 Å². The van der Waals surface area contributed by atoms with Gasteiger partial charge in [-0.3, -0.25) is 4.90 Å². The second-order valence-corrected chi connectivity index (χ2v) is 5.10. The molecule has 20 heavy (non-hydrogen) atoms. The van der Waals surface area contributed by atoms with Crippen molar-refractivity contribution in [1.29, 1.82) is 5.26 Å². The van der Waals surface area contributed by atoms with Crippen LogP contribution in [0.4, 0.5) is 0 Å². The van der Waals surface area contributed by atoms with Crippen molar-refractivity contribution in [1.82, 2.24) is 4.90 Å². The van der Waals surface area contributed by atoms with Crippen molar-refractivity contribution >= 4 is 11.8 Å². The number of allylic oxidation sites excluding steroid dienone is 2. The van der Waals surface area contributed by atoms with Crippen LogP contribution in [0.2, 0.25) is 0 Å². The van der Waals surface area contributed by atoms with Gasteiger partial charge in [0.1, 0.15) is 11.8 Å². The van der Waals surface area contributed by atoms with E-state index in [0.29, 0.717) is 6.04 Å². The largest absolute Gasteiger partial charge is 0.299 e. The van der Waals surface area contributed by atoms with Crippen molar-refractivity contribution in [2.75, 3.05) is 13.6 Å². The van der Waals surface area contributed by atoms with Gasteiger partial charge in [0.25, 0.3) is 0 Å². The molecular formula is C17H19N3. The number of nitriles is 1. The lowest BCUT2D eigenvalue weighted by atomic mass is 10.0. The predicted molar refractivity (Wildman–Crippen MR) is 83.3 cm³/mol. The fraction of sp³-hybridized carbons (Fsp3) is 0.294. The predicted octanol–water partition coefficient (Wildman–Crippen LogP) is 3.57. The van der Waals surface area contributed by atoms with Gasteiger partial charge in [-0.2, -0.15) is 5.26 Å². The molecule has 1 aromatic carbocycles. The Morgan fingerprint density at radius 1 is 1.40 bits per heavy atom. The molecule has 2 rings (SSSR count). The van der Waals surface area contributed by atoms with Crippen molar-refractivity contribution in [2.45, 2.75) is 18.9 Å². The van der Waals surface area contributed by atoms with E-state index in [1.54, 1.807) is 6.21 Å². The molecule has 0 aliphatic carbocycles. The Morgan fingerprint density at radius 3 is 2.65 bits per heavy atom. The van der Waals surface area contributed by atoms with Crippen LogP contribution >= 0.6 is 0 Å². The highest BCUT2D eigenvalue weighted by molar-refractivity contribution is 6.09. The lowest BCUT2D eigenvalue weighted by molar-refractivity contribution is 0.317. The second-order valence-electron chi connectivity index (χ2n) is 5.10. The first-order valence-electron chi connectivity index (χ1n) is 6.74. The molecule has 1 aromatic rings. The Labute approximate surface area is 120 Å². The van der Waals surface area contributed by atoms with Crippen LogP contribution in [-0.2, 0) is 0 Å². The summed E-state index contributed by atoms with van der Waals surface area (Å²) in [4.78, 5) is 6.33. The van der Waals surface area contributed by atoms with E-state index in [2.05, 4.69) is 54.4 Å². The van der Waals surface area contributed by atoms with Gasteiger partial charge in [-0.25, -0.2) is 4.99 Å². The van der Waals surface area contributed by atoms with E-state index >= 15 is 0 Å². The number of hydrogen-bond donors (Lipinski definition) is 0. The van der Waals surface area contributed by atoms with Gasteiger partial charge in [-0.15, -0.1) is 0 Å². The Bertz CT molecular complexity index is 575. The average molecular weight is 265 g/mol. The molecule has 1 aliphatic heterocycles. The molecule has 0 N–H and O–H groups in total. The highest BCUT2D eigenvalue weighted by Crippen LogP contribution is 2.30. The van der Waals surface area contributed by atoms with E-state index < -0.39 is 0 Å². The van der Waals surface area contributed by atoms with Gasteiger partial charge < -0.3 is 0 Å². The fourth-order valence-electron chi connectivity index (χ4n) is 2.51. The molecule has 3 nitrogen and oxygen atoms in total. The van der Waals surface area contributed by atoms with Crippen molar-refractivity contribution in [3.63, 3.8) is 0 Å². The minimum absolute atomic E-state index is 0.190. The number of hydrogen-bond acceptors (Lipinski definition) is 3. The van der Waals surface area contributed by atoms with Crippen molar-refractivity contribution < 1.29 is 0 Å². The second kappa shape index (κ2) is 6.31. The van der Waals surface area contributed by atoms with Crippen LogP contribution in [0.1, 0.15) is 30.0 Å². The van der Waals surface area contributed by atoms with Crippen LogP contribution in [0.25, 0.3) is 5.57 Å². The van der Waals surface area contributed by atoms with Crippen molar-refractivity contribution in [3.05, 3.63) is 54.2 Å². The highest BCUT2D eigenvalue weighted by Gasteiger charge is 2.22. The zero-order valence-electron chi connectivity index (χ0n) is 11.8. The number of likely N-dealkylation sites (tertiary alicyclic amines) is 1. The molecule has 1 aliphatic rings. The summed E-state index contributed by atoms with van der Waals surface area (Å²) >= 11 is 0. The SMILES string of the molecule is C=C(C#N)/N=C/C(=C)c1ccc(C2CCCN2C)cc1. The Hall–Kier alpha value is -2.18. The first kappa shape index (κ1) is 14.2. The van der Waals surface area contributed by atoms with Gasteiger partial charge >= 0.3 is 0 Å². The summed E-state index contributed by atoms with van der Waals surface area (Å²) in [5.74, 6) is 0. The minimum atomic E-state index is 0.190. The molecule has 0 radical (unpaired) electrons. The standard InChI is InChI=1S/C17H19N3/c1-13(12-19-14(2)11-18)15-6-8-16(9-7-15)17-5-4-10-20(17)3/h6-9,12,17H,1-2,4-5,10H2,3H3/b19-12+. The number of nitrogens with zero attached hydrogens (tertiary/aromatic N) is 3. The van der Waals surface area contributed by atoms with E-state index in [1.165, 1.54) is 24.9 Å². The van der Waals surface area contributed by atoms with E-state index in [0.717, 1.165) is 11.1 Å². The molecule has 1 heterocycles. The van der Waals surface area contributed by atoms with E-state index in [-0.39, 0.29) is 5.70 Å². The van der Waals surface area contributed by atoms with Crippen LogP contribution in [0, 0.1) is 11.3 Å². The van der Waals surface area contributed by atoms with Crippen LogP contribution in [-0.4, -0.2) is 24.7 Å². The molecule has 0 bridgehead atoms. The van der Waals surface area contributed by atoms with Crippen molar-refractivity contribution in [3.8, 4) is 6.07 Å². The summed E-state index contributed by atoms with van der Waals surface area (Å²) in [7, 11) is 2.17. The summed E-state index contributed by atoms with van der Waals surface area (Å²) in [6.07, 6.45) is 4.07. The first-order valence-corrected chi connectivity index (χ1v) is 6.74. The van der Waals surface area contributed by atoms with Crippen LogP contribution < -0.4 is 0 Å². The van der Waals surface area contributed by atoms with Gasteiger partial charge in [-0.05, 0) is 43.1 Å². The fourth-order valence-corrected chi connectivity index (χ4v) is 2.51. The monoisotopic (exact) mass is 265 g/mol. The van der Waals surface area contributed by atoms with Crippen molar-refractivity contribution in [2.24, 2.45) is 4.99 Å². The molecule has 0 saturated carbocycles. The average Bonchev–Trinajstić information content (AvgIpc) is 2.90. The smallest absolute Gasteiger partial charge is 0.133 e. The van der Waals surface area contributed by atoms with Gasteiger partial charge in [0.2, 0.25) is 0 Å². The molecule has 0 amide bonds. The molecule has 1 saturated heterocycles. The van der Waals surface area contributed by atoms with E-state index in [9.17, 15) is 0 Å². The first-order chi connectivity index (χ1) is 9.61. The number of rotatable bonds is 4. The quantitative estimate of drug-likeness (QED) is 0.616. The molecule has 102 valence electrons. The summed E-state index contributed by atoms with van der Waals surface area (Å²) in [6.45, 7) is 8.64. The van der Waals surface area contributed by atoms with Crippen LogP contribution in [0.5, 0.6) is 0 Å². The lowest BCUT2D eigenvalue weighted by Crippen LogP contribution is -2.17. The van der Waals surface area contributed by atoms with Crippen LogP contribution in [0.15, 0.2) is 48.1 Å². The molecule has 0 aromatic heterocycles. The minimum Gasteiger partial charge on any atom is -0.299 e. The molecule has 0 spiro atoms. The Balaban J connectivity index is 2.08. The summed E-state index contributed by atoms with van der Waals surface area (Å²) in [6, 6.07) is 10.8. The van der Waals surface area contributed by atoms with Crippen LogP contribution in [0.3, 0.4) is 0 Å². The zero-order valence-corrected chi connectivity index (χ0v) is 11.8. The van der Waals surface area contributed by atoms with Gasteiger partial charge in [0.05, 0.1) is 0 Å².